The normalized spacial score (nSPS) is 15.8. The van der Waals surface area contributed by atoms with Gasteiger partial charge in [-0.25, -0.2) is 0 Å². The molecule has 22 heteroatoms. The van der Waals surface area contributed by atoms with E-state index in [0.29, 0.717) is 0 Å². The molecule has 0 aliphatic rings. The molecule has 0 bridgehead atoms. The summed E-state index contributed by atoms with van der Waals surface area (Å²) in [5.74, 6) is -47.9. The van der Waals surface area contributed by atoms with Gasteiger partial charge >= 0.3 is 56.9 Å². The Morgan fingerprint density at radius 3 is 1.08 bits per heavy atom. The van der Waals surface area contributed by atoms with Crippen molar-refractivity contribution in [3.63, 3.8) is 0 Å². The third kappa shape index (κ3) is 6.60. The number of halogens is 17. The van der Waals surface area contributed by atoms with Crippen LogP contribution in [0.25, 0.3) is 0 Å². The summed E-state index contributed by atoms with van der Waals surface area (Å²) in [6.07, 6.45) is -19.3. The Bertz CT molecular complexity index is 755. The first kappa shape index (κ1) is 36.9. The zero-order valence-electron chi connectivity index (χ0n) is 19.1. The van der Waals surface area contributed by atoms with Crippen LogP contribution in [0.4, 0.5) is 74.6 Å². The summed E-state index contributed by atoms with van der Waals surface area (Å²) in [5.41, 5.74) is 0. The molecule has 0 N–H and O–H groups in total. The van der Waals surface area contributed by atoms with Crippen LogP contribution < -0.4 is 0 Å². The Hall–Kier alpha value is -1.13. The topological polar surface area (TPSA) is 36.9 Å². The number of rotatable bonds is 16. The standard InChI is InChI=1S/C16H19F17O4Si/c1-4-34-38(35-5-2,36-6-3)37-16(32,33)15(30,31)14(28,29)13(26,27)12(24,25)11(22,23)9(17,18)7-8-10(19,20)21/h4-8H2,1-3H3. The van der Waals surface area contributed by atoms with Crippen molar-refractivity contribution in [3.8, 4) is 0 Å². The molecule has 0 fully saturated rings. The maximum absolute atomic E-state index is 14.2. The van der Waals surface area contributed by atoms with E-state index in [1.807, 2.05) is 0 Å². The highest BCUT2D eigenvalue weighted by Gasteiger charge is 2.93. The van der Waals surface area contributed by atoms with Crippen LogP contribution in [-0.2, 0) is 17.7 Å². The van der Waals surface area contributed by atoms with Gasteiger partial charge in [0.1, 0.15) is 0 Å². The maximum atomic E-state index is 14.2. The van der Waals surface area contributed by atoms with Gasteiger partial charge in [-0.15, -0.1) is 0 Å². The largest absolute Gasteiger partial charge is 0.684 e. The van der Waals surface area contributed by atoms with Crippen LogP contribution in [-0.4, -0.2) is 76.7 Å². The lowest BCUT2D eigenvalue weighted by atomic mass is 9.89. The van der Waals surface area contributed by atoms with Crippen LogP contribution in [0.2, 0.25) is 0 Å². The summed E-state index contributed by atoms with van der Waals surface area (Å²) >= 11 is 0. The molecule has 0 aromatic carbocycles. The van der Waals surface area contributed by atoms with Gasteiger partial charge in [-0.3, -0.25) is 4.43 Å². The van der Waals surface area contributed by atoms with Crippen molar-refractivity contribution in [1.82, 2.24) is 0 Å². The molecule has 4 nitrogen and oxygen atoms in total. The van der Waals surface area contributed by atoms with E-state index in [4.69, 9.17) is 0 Å². The molecule has 38 heavy (non-hydrogen) atoms. The molecular weight excluding hydrogens is 607 g/mol. The van der Waals surface area contributed by atoms with E-state index < -0.39 is 89.5 Å². The van der Waals surface area contributed by atoms with E-state index in [1.165, 1.54) is 0 Å². The second-order valence-electron chi connectivity index (χ2n) is 7.11. The Labute approximate surface area is 203 Å². The molecule has 0 spiro atoms. The Morgan fingerprint density at radius 2 is 0.763 bits per heavy atom. The Morgan fingerprint density at radius 1 is 0.447 bits per heavy atom. The van der Waals surface area contributed by atoms with Crippen molar-refractivity contribution in [1.29, 1.82) is 0 Å². The summed E-state index contributed by atoms with van der Waals surface area (Å²) in [6.45, 7) is 0.421. The van der Waals surface area contributed by atoms with Crippen molar-refractivity contribution in [2.24, 2.45) is 0 Å². The van der Waals surface area contributed by atoms with E-state index in [9.17, 15) is 74.6 Å². The highest BCUT2D eigenvalue weighted by Crippen LogP contribution is 2.63. The summed E-state index contributed by atoms with van der Waals surface area (Å²) in [5, 5.41) is 0. The average Bonchev–Trinajstić information content (AvgIpc) is 2.71. The van der Waals surface area contributed by atoms with Gasteiger partial charge in [0, 0.05) is 32.7 Å². The van der Waals surface area contributed by atoms with E-state index in [1.54, 1.807) is 0 Å². The van der Waals surface area contributed by atoms with Crippen LogP contribution >= 0.6 is 0 Å². The quantitative estimate of drug-likeness (QED) is 0.133. The van der Waals surface area contributed by atoms with E-state index in [2.05, 4.69) is 17.7 Å². The number of alkyl halides is 17. The number of hydrogen-bond acceptors (Lipinski definition) is 4. The molecule has 0 aliphatic carbocycles. The second-order valence-corrected chi connectivity index (χ2v) is 9.18. The molecule has 0 saturated carbocycles. The first-order chi connectivity index (χ1) is 16.6. The van der Waals surface area contributed by atoms with Gasteiger partial charge in [0.2, 0.25) is 0 Å². The minimum atomic E-state index is -8.48. The van der Waals surface area contributed by atoms with Crippen LogP contribution in [0.5, 0.6) is 0 Å². The molecule has 0 aromatic rings. The van der Waals surface area contributed by atoms with Crippen molar-refractivity contribution in [2.75, 3.05) is 19.8 Å². The molecule has 0 saturated heterocycles. The van der Waals surface area contributed by atoms with Gasteiger partial charge in [-0.1, -0.05) is 0 Å². The van der Waals surface area contributed by atoms with Crippen LogP contribution in [0.15, 0.2) is 0 Å². The molecule has 230 valence electrons. The van der Waals surface area contributed by atoms with Crippen molar-refractivity contribution < 1.29 is 92.3 Å². The highest BCUT2D eigenvalue weighted by molar-refractivity contribution is 6.53. The first-order valence-electron chi connectivity index (χ1n) is 9.93. The Balaban J connectivity index is 6.68. The highest BCUT2D eigenvalue weighted by atomic mass is 28.4. The molecule has 0 aromatic heterocycles. The van der Waals surface area contributed by atoms with E-state index in [-0.39, 0.29) is 0 Å². The molecule has 0 rings (SSSR count). The fourth-order valence-corrected chi connectivity index (χ4v) is 4.35. The SMILES string of the molecule is CCO[Si](OCC)(OCC)OC(F)(F)C(F)(F)C(F)(F)C(F)(F)C(F)(F)C(F)(F)C(F)(F)CCC(F)(F)F. The average molecular weight is 626 g/mol. The fraction of sp³-hybridized carbons (Fsp3) is 1.00. The first-order valence-corrected chi connectivity index (χ1v) is 11.6. The van der Waals surface area contributed by atoms with Crippen molar-refractivity contribution in [2.45, 2.75) is 81.4 Å². The van der Waals surface area contributed by atoms with E-state index in [0.717, 1.165) is 20.8 Å². The predicted octanol–water partition coefficient (Wildman–Crippen LogP) is 7.30. The lowest BCUT2D eigenvalue weighted by Crippen LogP contribution is -2.74. The minimum absolute atomic E-state index is 0.808. The molecular formula is C16H19F17O4Si. The molecule has 0 unspecified atom stereocenters. The van der Waals surface area contributed by atoms with Gasteiger partial charge in [-0.05, 0) is 20.8 Å². The molecule has 0 amide bonds. The lowest BCUT2D eigenvalue weighted by molar-refractivity contribution is -0.462. The van der Waals surface area contributed by atoms with Gasteiger partial charge in [-0.2, -0.15) is 74.6 Å². The van der Waals surface area contributed by atoms with Crippen molar-refractivity contribution >= 4 is 9.05 Å². The summed E-state index contributed by atoms with van der Waals surface area (Å²) in [7, 11) is -5.69. The van der Waals surface area contributed by atoms with Gasteiger partial charge in [0.25, 0.3) is 0 Å². The second kappa shape index (κ2) is 11.4. The minimum Gasteiger partial charge on any atom is -0.351 e. The molecule has 0 aliphatic heterocycles. The maximum Gasteiger partial charge on any atom is 0.684 e. The monoisotopic (exact) mass is 626 g/mol. The van der Waals surface area contributed by atoms with Crippen LogP contribution in [0.1, 0.15) is 33.6 Å². The van der Waals surface area contributed by atoms with Gasteiger partial charge < -0.3 is 13.3 Å². The molecule has 0 atom stereocenters. The zero-order chi connectivity index (χ0) is 30.9. The fourth-order valence-electron chi connectivity index (χ4n) is 2.42. The summed E-state index contributed by atoms with van der Waals surface area (Å²) < 4.78 is 247. The van der Waals surface area contributed by atoms with Crippen molar-refractivity contribution in [3.05, 3.63) is 0 Å². The van der Waals surface area contributed by atoms with Crippen LogP contribution in [0.3, 0.4) is 0 Å². The Kier molecular flexibility index (Phi) is 11.1. The molecule has 0 radical (unpaired) electrons. The smallest absolute Gasteiger partial charge is 0.351 e. The van der Waals surface area contributed by atoms with Gasteiger partial charge in [0.15, 0.2) is 0 Å². The van der Waals surface area contributed by atoms with Crippen LogP contribution in [0, 0.1) is 0 Å². The number of hydrogen-bond donors (Lipinski definition) is 0. The predicted molar refractivity (Wildman–Crippen MR) is 91.6 cm³/mol. The van der Waals surface area contributed by atoms with E-state index >= 15 is 0 Å². The zero-order valence-corrected chi connectivity index (χ0v) is 20.1. The molecule has 0 heterocycles. The third-order valence-corrected chi connectivity index (χ3v) is 6.77. The summed E-state index contributed by atoms with van der Waals surface area (Å²) in [6, 6.07) is 0. The lowest BCUT2D eigenvalue weighted by Gasteiger charge is -2.43. The van der Waals surface area contributed by atoms with Gasteiger partial charge in [0.05, 0.1) is 0 Å². The third-order valence-electron chi connectivity index (χ3n) is 4.34. The summed E-state index contributed by atoms with van der Waals surface area (Å²) in [4.78, 5) is 0.